The van der Waals surface area contributed by atoms with Crippen molar-refractivity contribution in [2.75, 3.05) is 0 Å². The third kappa shape index (κ3) is 3.16. The van der Waals surface area contributed by atoms with Crippen LogP contribution in [-0.4, -0.2) is 18.3 Å². The van der Waals surface area contributed by atoms with Crippen molar-refractivity contribution in [3.63, 3.8) is 0 Å². The van der Waals surface area contributed by atoms with Crippen molar-refractivity contribution in [2.45, 2.75) is 19.1 Å². The van der Waals surface area contributed by atoms with E-state index in [1.807, 2.05) is 0 Å². The van der Waals surface area contributed by atoms with Gasteiger partial charge in [0.1, 0.15) is 6.04 Å². The van der Waals surface area contributed by atoms with Gasteiger partial charge < -0.3 is 5.32 Å². The van der Waals surface area contributed by atoms with Gasteiger partial charge >= 0.3 is 12.3 Å². The zero-order valence-corrected chi connectivity index (χ0v) is 5.03. The molecule has 0 aromatic heterocycles. The van der Waals surface area contributed by atoms with Crippen LogP contribution in [0.1, 0.15) is 6.92 Å². The third-order valence-electron chi connectivity index (χ3n) is 0.825. The van der Waals surface area contributed by atoms with Gasteiger partial charge in [0.05, 0.1) is 0 Å². The van der Waals surface area contributed by atoms with Crippen molar-refractivity contribution in [1.29, 1.82) is 0 Å². The van der Waals surface area contributed by atoms with Gasteiger partial charge in [-0.2, -0.15) is 13.2 Å². The van der Waals surface area contributed by atoms with Gasteiger partial charge in [-0.25, -0.2) is 9.90 Å². The molecule has 1 radical (unpaired) electrons. The summed E-state index contributed by atoms with van der Waals surface area (Å²) in [7, 11) is 0. The molecule has 1 N–H and O–H groups in total. The van der Waals surface area contributed by atoms with E-state index in [0.717, 1.165) is 5.32 Å². The quantitative estimate of drug-likeness (QED) is 0.606. The molecule has 1 atom stereocenters. The number of hydrogen-bond acceptors (Lipinski definition) is 1. The lowest BCUT2D eigenvalue weighted by atomic mass is 10.3. The molecule has 0 aliphatic carbocycles. The Hall–Kier alpha value is -0.940. The largest absolute Gasteiger partial charge is 0.451 e. The van der Waals surface area contributed by atoms with Gasteiger partial charge in [0.15, 0.2) is 0 Å². The summed E-state index contributed by atoms with van der Waals surface area (Å²) in [5.41, 5.74) is 0. The van der Waals surface area contributed by atoms with E-state index in [1.165, 1.54) is 0 Å². The Morgan fingerprint density at radius 2 is 1.90 bits per heavy atom. The summed E-state index contributed by atoms with van der Waals surface area (Å²) in [5.74, 6) is 0. The molecule has 10 heavy (non-hydrogen) atoms. The summed E-state index contributed by atoms with van der Waals surface area (Å²) < 4.78 is 34.4. The molecule has 0 aliphatic heterocycles. The number of halogens is 3. The van der Waals surface area contributed by atoms with E-state index in [0.29, 0.717) is 6.92 Å². The first-order valence-corrected chi connectivity index (χ1v) is 2.38. The molecule has 6 heteroatoms. The number of nitrogens with one attached hydrogen (secondary N) is 1. The van der Waals surface area contributed by atoms with Crippen molar-refractivity contribution >= 4 is 6.09 Å². The summed E-state index contributed by atoms with van der Waals surface area (Å²) in [4.78, 5) is 9.53. The average Bonchev–Trinajstić information content (AvgIpc) is 1.60. The summed E-state index contributed by atoms with van der Waals surface area (Å²) in [5, 5.41) is 10.7. The molecule has 0 bridgehead atoms. The Kier molecular flexibility index (Phi) is 2.50. The Bertz CT molecular complexity index is 133. The maximum absolute atomic E-state index is 11.5. The molecule has 0 heterocycles. The standard InChI is InChI=1S/C4H5F3NO2/c1-2(4(5,6)7)8-3(9)10/h2,8H,1H3. The molecule has 1 amide bonds. The van der Waals surface area contributed by atoms with Crippen molar-refractivity contribution < 1.29 is 23.1 Å². The Morgan fingerprint density at radius 3 is 2.00 bits per heavy atom. The summed E-state index contributed by atoms with van der Waals surface area (Å²) in [6, 6.07) is -2.07. The van der Waals surface area contributed by atoms with Crippen LogP contribution in [0.5, 0.6) is 0 Å². The van der Waals surface area contributed by atoms with Crippen LogP contribution in [0.25, 0.3) is 0 Å². The highest BCUT2D eigenvalue weighted by Crippen LogP contribution is 2.19. The molecule has 0 spiro atoms. The first kappa shape index (κ1) is 9.06. The molecule has 0 aliphatic rings. The zero-order valence-electron chi connectivity index (χ0n) is 5.03. The fraction of sp³-hybridized carbons (Fsp3) is 0.750. The molecule has 0 rings (SSSR count). The Labute approximate surface area is 54.8 Å². The van der Waals surface area contributed by atoms with E-state index >= 15 is 0 Å². The number of amides is 1. The van der Waals surface area contributed by atoms with Crippen LogP contribution in [-0.2, 0) is 5.11 Å². The lowest BCUT2D eigenvalue weighted by Crippen LogP contribution is -2.41. The van der Waals surface area contributed by atoms with Crippen LogP contribution in [0.2, 0.25) is 0 Å². The van der Waals surface area contributed by atoms with E-state index < -0.39 is 18.3 Å². The van der Waals surface area contributed by atoms with E-state index in [-0.39, 0.29) is 0 Å². The first-order valence-electron chi connectivity index (χ1n) is 2.38. The van der Waals surface area contributed by atoms with Crippen LogP contribution in [0.3, 0.4) is 0 Å². The highest BCUT2D eigenvalue weighted by atomic mass is 19.4. The lowest BCUT2D eigenvalue weighted by Gasteiger charge is -2.13. The first-order chi connectivity index (χ1) is 4.34. The minimum absolute atomic E-state index is 0.690. The molecule has 3 nitrogen and oxygen atoms in total. The molecule has 0 aromatic carbocycles. The number of rotatable bonds is 1. The van der Waals surface area contributed by atoms with Gasteiger partial charge in [0, 0.05) is 0 Å². The van der Waals surface area contributed by atoms with Crippen LogP contribution < -0.4 is 5.32 Å². The van der Waals surface area contributed by atoms with Crippen molar-refractivity contribution in [3.05, 3.63) is 0 Å². The SMILES string of the molecule is CC(NC([O])=O)C(F)(F)F. The smallest absolute Gasteiger partial charge is 0.307 e. The topological polar surface area (TPSA) is 49.0 Å². The fourth-order valence-electron chi connectivity index (χ4n) is 0.259. The predicted molar refractivity (Wildman–Crippen MR) is 24.7 cm³/mol. The molecule has 0 fully saturated rings. The van der Waals surface area contributed by atoms with Crippen molar-refractivity contribution in [3.8, 4) is 0 Å². The van der Waals surface area contributed by atoms with Gasteiger partial charge in [-0.1, -0.05) is 0 Å². The second-order valence-corrected chi connectivity index (χ2v) is 1.70. The second-order valence-electron chi connectivity index (χ2n) is 1.70. The minimum Gasteiger partial charge on any atom is -0.307 e. The predicted octanol–water partition coefficient (Wildman–Crippen LogP) is 1.08. The van der Waals surface area contributed by atoms with E-state index in [1.54, 1.807) is 0 Å². The highest BCUT2D eigenvalue weighted by Gasteiger charge is 2.37. The summed E-state index contributed by atoms with van der Waals surface area (Å²) in [6.07, 6.45) is -6.47. The maximum atomic E-state index is 11.5. The third-order valence-corrected chi connectivity index (χ3v) is 0.825. The van der Waals surface area contributed by atoms with E-state index in [9.17, 15) is 23.1 Å². The fourth-order valence-corrected chi connectivity index (χ4v) is 0.259. The number of carbonyl (C=O) groups is 1. The molecule has 59 valence electrons. The minimum atomic E-state index is -4.54. The van der Waals surface area contributed by atoms with E-state index in [2.05, 4.69) is 0 Å². The molecule has 0 saturated carbocycles. The monoisotopic (exact) mass is 156 g/mol. The lowest BCUT2D eigenvalue weighted by molar-refractivity contribution is -0.150. The van der Waals surface area contributed by atoms with Gasteiger partial charge in [-0.05, 0) is 6.92 Å². The Balaban J connectivity index is 3.85. The van der Waals surface area contributed by atoms with Gasteiger partial charge in [0.2, 0.25) is 0 Å². The molecule has 1 unspecified atom stereocenters. The van der Waals surface area contributed by atoms with Crippen molar-refractivity contribution in [2.24, 2.45) is 0 Å². The van der Waals surface area contributed by atoms with Gasteiger partial charge in [-0.3, -0.25) is 0 Å². The molecular formula is C4H5F3NO2. The maximum Gasteiger partial charge on any atom is 0.451 e. The number of hydrogen-bond donors (Lipinski definition) is 1. The van der Waals surface area contributed by atoms with Gasteiger partial charge in [-0.15, -0.1) is 0 Å². The Morgan fingerprint density at radius 1 is 1.50 bits per heavy atom. The number of carbonyl (C=O) groups excluding carboxylic acids is 1. The van der Waals surface area contributed by atoms with Crippen LogP contribution in [0.4, 0.5) is 18.0 Å². The molecule has 0 saturated heterocycles. The average molecular weight is 156 g/mol. The molecular weight excluding hydrogens is 151 g/mol. The van der Waals surface area contributed by atoms with Crippen molar-refractivity contribution in [1.82, 2.24) is 5.32 Å². The van der Waals surface area contributed by atoms with Gasteiger partial charge in [0.25, 0.3) is 0 Å². The van der Waals surface area contributed by atoms with E-state index in [4.69, 9.17) is 0 Å². The van der Waals surface area contributed by atoms with Crippen LogP contribution in [0, 0.1) is 0 Å². The van der Waals surface area contributed by atoms with Crippen LogP contribution in [0.15, 0.2) is 0 Å². The second kappa shape index (κ2) is 2.76. The van der Waals surface area contributed by atoms with Crippen LogP contribution >= 0.6 is 0 Å². The molecule has 0 aromatic rings. The summed E-state index contributed by atoms with van der Waals surface area (Å²) >= 11 is 0. The number of alkyl halides is 3. The zero-order chi connectivity index (χ0) is 8.36. The summed E-state index contributed by atoms with van der Waals surface area (Å²) in [6.45, 7) is 0.690. The normalized spacial score (nSPS) is 14.4. The highest BCUT2D eigenvalue weighted by molar-refractivity contribution is 5.64.